The molecule has 24 heavy (non-hydrogen) atoms. The molecule has 4 rings (SSSR count). The molecular formula is C16H11ClN4O2S. The molecule has 3 N–H and O–H groups in total. The maximum atomic E-state index is 11.0. The predicted molar refractivity (Wildman–Crippen MR) is 97.0 cm³/mol. The van der Waals surface area contributed by atoms with Gasteiger partial charge in [0.15, 0.2) is 5.96 Å². The highest BCUT2D eigenvalue weighted by Crippen LogP contribution is 2.45. The van der Waals surface area contributed by atoms with Gasteiger partial charge in [-0.15, -0.1) is 11.3 Å². The average Bonchev–Trinajstić information content (AvgIpc) is 2.92. The fourth-order valence-electron chi connectivity index (χ4n) is 2.80. The first-order chi connectivity index (χ1) is 11.5. The molecule has 0 bridgehead atoms. The van der Waals surface area contributed by atoms with Gasteiger partial charge in [0.05, 0.1) is 15.5 Å². The van der Waals surface area contributed by atoms with Crippen LogP contribution in [0.3, 0.4) is 0 Å². The maximum absolute atomic E-state index is 11.0. The minimum atomic E-state index is -0.413. The number of fused-ring (bicyclic) bond motifs is 3. The molecule has 1 aliphatic rings. The molecule has 0 aliphatic carbocycles. The lowest BCUT2D eigenvalue weighted by atomic mass is 10.0. The monoisotopic (exact) mass is 358 g/mol. The number of nitrogens with zero attached hydrogens (tertiary/aromatic N) is 2. The zero-order chi connectivity index (χ0) is 16.8. The van der Waals surface area contributed by atoms with Crippen molar-refractivity contribution in [2.24, 2.45) is 10.7 Å². The number of aliphatic imine (C=N–C) groups is 1. The second kappa shape index (κ2) is 5.47. The highest BCUT2D eigenvalue weighted by molar-refractivity contribution is 7.20. The van der Waals surface area contributed by atoms with E-state index in [1.807, 2.05) is 24.3 Å². The molecule has 2 heterocycles. The van der Waals surface area contributed by atoms with Gasteiger partial charge in [0.2, 0.25) is 0 Å². The third-order valence-electron chi connectivity index (χ3n) is 3.84. The lowest BCUT2D eigenvalue weighted by Crippen LogP contribution is -2.27. The van der Waals surface area contributed by atoms with Crippen molar-refractivity contribution in [2.45, 2.75) is 6.04 Å². The van der Waals surface area contributed by atoms with Crippen molar-refractivity contribution in [1.82, 2.24) is 0 Å². The van der Waals surface area contributed by atoms with E-state index in [0.717, 1.165) is 26.2 Å². The van der Waals surface area contributed by atoms with Crippen LogP contribution in [0.15, 0.2) is 47.5 Å². The van der Waals surface area contributed by atoms with Crippen molar-refractivity contribution in [2.75, 3.05) is 5.32 Å². The summed E-state index contributed by atoms with van der Waals surface area (Å²) in [6, 6.07) is 11.8. The van der Waals surface area contributed by atoms with Gasteiger partial charge < -0.3 is 11.1 Å². The van der Waals surface area contributed by atoms with Crippen LogP contribution in [0.2, 0.25) is 5.02 Å². The average molecular weight is 359 g/mol. The van der Waals surface area contributed by atoms with Crippen LogP contribution in [0.5, 0.6) is 0 Å². The number of hydrogen-bond donors (Lipinski definition) is 2. The van der Waals surface area contributed by atoms with E-state index in [0.29, 0.717) is 5.02 Å². The molecule has 0 amide bonds. The van der Waals surface area contributed by atoms with Gasteiger partial charge in [-0.1, -0.05) is 23.7 Å². The first-order valence-corrected chi connectivity index (χ1v) is 8.29. The molecule has 6 nitrogen and oxygen atoms in total. The van der Waals surface area contributed by atoms with Crippen LogP contribution in [-0.4, -0.2) is 10.9 Å². The Labute approximate surface area is 145 Å². The molecule has 1 unspecified atom stereocenters. The van der Waals surface area contributed by atoms with Gasteiger partial charge in [0.1, 0.15) is 6.04 Å². The first-order valence-electron chi connectivity index (χ1n) is 7.09. The zero-order valence-electron chi connectivity index (χ0n) is 12.2. The first kappa shape index (κ1) is 14.9. The van der Waals surface area contributed by atoms with E-state index in [4.69, 9.17) is 17.3 Å². The topological polar surface area (TPSA) is 93.5 Å². The normalized spacial score (nSPS) is 16.4. The summed E-state index contributed by atoms with van der Waals surface area (Å²) >= 11 is 7.68. The van der Waals surface area contributed by atoms with Crippen LogP contribution in [-0.2, 0) is 0 Å². The van der Waals surface area contributed by atoms with E-state index in [-0.39, 0.29) is 17.7 Å². The number of nitrogens with one attached hydrogen (secondary N) is 1. The molecule has 0 fully saturated rings. The van der Waals surface area contributed by atoms with Gasteiger partial charge in [-0.2, -0.15) is 0 Å². The lowest BCUT2D eigenvalue weighted by molar-refractivity contribution is -0.384. The third kappa shape index (κ3) is 2.38. The lowest BCUT2D eigenvalue weighted by Gasteiger charge is -2.20. The minimum Gasteiger partial charge on any atom is -0.370 e. The highest BCUT2D eigenvalue weighted by Gasteiger charge is 2.27. The van der Waals surface area contributed by atoms with Crippen molar-refractivity contribution >= 4 is 50.4 Å². The number of nitrogens with two attached hydrogens (primary N) is 1. The van der Waals surface area contributed by atoms with Crippen LogP contribution < -0.4 is 11.1 Å². The number of halogens is 1. The molecule has 120 valence electrons. The molecule has 0 saturated heterocycles. The van der Waals surface area contributed by atoms with E-state index in [1.54, 1.807) is 17.4 Å². The van der Waals surface area contributed by atoms with E-state index in [9.17, 15) is 10.1 Å². The standard InChI is InChI=1S/C16H11ClN4O2S/c17-9-4-5-12-11(7-9)14-15(24-12)13(19-16(18)20-14)8-2-1-3-10(6-8)21(22)23/h1-7,13H,(H3,18,19,20). The molecule has 0 saturated carbocycles. The van der Waals surface area contributed by atoms with Crippen molar-refractivity contribution in [3.63, 3.8) is 0 Å². The number of hydrogen-bond acceptors (Lipinski definition) is 6. The molecule has 1 atom stereocenters. The number of guanidine groups is 1. The Morgan fingerprint density at radius 3 is 2.92 bits per heavy atom. The molecule has 3 aromatic rings. The Morgan fingerprint density at radius 2 is 2.12 bits per heavy atom. The second-order valence-electron chi connectivity index (χ2n) is 5.38. The third-order valence-corrected chi connectivity index (χ3v) is 5.30. The van der Waals surface area contributed by atoms with Crippen LogP contribution in [0.4, 0.5) is 11.4 Å². The summed E-state index contributed by atoms with van der Waals surface area (Å²) < 4.78 is 1.05. The summed E-state index contributed by atoms with van der Waals surface area (Å²) in [6.07, 6.45) is 0. The number of nitro groups is 1. The Balaban J connectivity index is 1.91. The van der Waals surface area contributed by atoms with Gasteiger partial charge in [0, 0.05) is 27.2 Å². The van der Waals surface area contributed by atoms with Crippen LogP contribution in [0.1, 0.15) is 16.5 Å². The number of non-ortho nitro benzene ring substituents is 1. The fourth-order valence-corrected chi connectivity index (χ4v) is 4.18. The number of rotatable bonds is 2. The highest BCUT2D eigenvalue weighted by atomic mass is 35.5. The molecule has 2 aromatic carbocycles. The van der Waals surface area contributed by atoms with Crippen molar-refractivity contribution in [3.05, 3.63) is 68.0 Å². The Kier molecular flexibility index (Phi) is 3.40. The molecule has 1 aromatic heterocycles. The summed E-state index contributed by atoms with van der Waals surface area (Å²) in [4.78, 5) is 16.0. The molecular weight excluding hydrogens is 348 g/mol. The SMILES string of the molecule is NC1=NC(c2cccc([N+](=O)[O-])c2)c2sc3ccc(Cl)cc3c2N1. The smallest absolute Gasteiger partial charge is 0.269 e. The van der Waals surface area contributed by atoms with Crippen molar-refractivity contribution < 1.29 is 4.92 Å². The summed E-state index contributed by atoms with van der Waals surface area (Å²) in [7, 11) is 0. The predicted octanol–water partition coefficient (Wildman–Crippen LogP) is 4.29. The van der Waals surface area contributed by atoms with Gasteiger partial charge in [-0.25, -0.2) is 4.99 Å². The van der Waals surface area contributed by atoms with Gasteiger partial charge >= 0.3 is 0 Å². The van der Waals surface area contributed by atoms with Crippen LogP contribution in [0.25, 0.3) is 10.1 Å². The molecule has 1 aliphatic heterocycles. The Hall–Kier alpha value is -2.64. The maximum Gasteiger partial charge on any atom is 0.269 e. The molecule has 8 heteroatoms. The van der Waals surface area contributed by atoms with Gasteiger partial charge in [-0.05, 0) is 23.8 Å². The van der Waals surface area contributed by atoms with E-state index < -0.39 is 4.92 Å². The van der Waals surface area contributed by atoms with Crippen molar-refractivity contribution in [1.29, 1.82) is 0 Å². The Morgan fingerprint density at radius 1 is 1.29 bits per heavy atom. The zero-order valence-corrected chi connectivity index (χ0v) is 13.8. The second-order valence-corrected chi connectivity index (χ2v) is 6.90. The Bertz CT molecular complexity index is 1010. The largest absolute Gasteiger partial charge is 0.370 e. The number of thiophene rings is 1. The number of benzene rings is 2. The summed E-state index contributed by atoms with van der Waals surface area (Å²) in [6.45, 7) is 0. The van der Waals surface area contributed by atoms with Crippen LogP contribution in [0, 0.1) is 10.1 Å². The van der Waals surface area contributed by atoms with Crippen LogP contribution >= 0.6 is 22.9 Å². The van der Waals surface area contributed by atoms with E-state index in [1.165, 1.54) is 12.1 Å². The fraction of sp³-hybridized carbons (Fsp3) is 0.0625. The van der Waals surface area contributed by atoms with Gasteiger partial charge in [0.25, 0.3) is 5.69 Å². The quantitative estimate of drug-likeness (QED) is 0.527. The van der Waals surface area contributed by atoms with Gasteiger partial charge in [-0.3, -0.25) is 10.1 Å². The minimum absolute atomic E-state index is 0.0329. The van der Waals surface area contributed by atoms with E-state index >= 15 is 0 Å². The number of anilines is 1. The summed E-state index contributed by atoms with van der Waals surface area (Å²) in [5, 5.41) is 15.7. The molecule has 0 radical (unpaired) electrons. The van der Waals surface area contributed by atoms with E-state index in [2.05, 4.69) is 10.3 Å². The molecule has 0 spiro atoms. The van der Waals surface area contributed by atoms with Crippen molar-refractivity contribution in [3.8, 4) is 0 Å². The summed E-state index contributed by atoms with van der Waals surface area (Å²) in [5.41, 5.74) is 7.56. The number of nitro benzene ring substituents is 1. The summed E-state index contributed by atoms with van der Waals surface area (Å²) in [5.74, 6) is 0.277.